The Balaban J connectivity index is 2.44. The molecule has 20 heavy (non-hydrogen) atoms. The fourth-order valence-electron chi connectivity index (χ4n) is 1.79. The summed E-state index contributed by atoms with van der Waals surface area (Å²) in [5.41, 5.74) is 6.48. The minimum Gasteiger partial charge on any atom is -0.405 e. The second-order valence-electron chi connectivity index (χ2n) is 4.08. The third-order valence-electron chi connectivity index (χ3n) is 2.67. The fourth-order valence-corrected chi connectivity index (χ4v) is 1.79. The van der Waals surface area contributed by atoms with Crippen LogP contribution >= 0.6 is 0 Å². The number of ether oxygens (including phenoxy) is 1. The molecule has 0 aliphatic rings. The quantitative estimate of drug-likeness (QED) is 0.869. The third kappa shape index (κ3) is 3.48. The first-order valence-electron chi connectivity index (χ1n) is 5.74. The summed E-state index contributed by atoms with van der Waals surface area (Å²) >= 11 is 0. The zero-order chi connectivity index (χ0) is 14.8. The first-order chi connectivity index (χ1) is 9.39. The molecule has 0 radical (unpaired) electrons. The molecule has 106 valence electrons. The molecule has 2 nitrogen and oxygen atoms in total. The molecule has 0 unspecified atom stereocenters. The van der Waals surface area contributed by atoms with Crippen LogP contribution in [0, 0.1) is 5.82 Å². The number of alkyl halides is 3. The van der Waals surface area contributed by atoms with E-state index in [0.29, 0.717) is 11.1 Å². The number of benzene rings is 2. The molecule has 0 amide bonds. The normalized spacial score (nSPS) is 11.4. The predicted octanol–water partition coefficient (Wildman–Crippen LogP) is 3.85. The average molecular weight is 285 g/mol. The Bertz CT molecular complexity index is 610. The average Bonchev–Trinajstić information content (AvgIpc) is 2.37. The van der Waals surface area contributed by atoms with Crippen molar-refractivity contribution in [3.05, 3.63) is 53.8 Å². The second-order valence-corrected chi connectivity index (χ2v) is 4.08. The lowest BCUT2D eigenvalue weighted by atomic mass is 10.0. The number of hydrogen-bond acceptors (Lipinski definition) is 2. The summed E-state index contributed by atoms with van der Waals surface area (Å²) in [6, 6.07) is 9.76. The van der Waals surface area contributed by atoms with Gasteiger partial charge >= 0.3 is 6.36 Å². The summed E-state index contributed by atoms with van der Waals surface area (Å²) in [6.07, 6.45) is -4.80. The molecule has 2 aromatic carbocycles. The summed E-state index contributed by atoms with van der Waals surface area (Å²) in [6.45, 7) is -0.0884. The number of rotatable bonds is 3. The predicted molar refractivity (Wildman–Crippen MR) is 66.4 cm³/mol. The molecule has 2 rings (SSSR count). The van der Waals surface area contributed by atoms with Crippen LogP contribution in [0.15, 0.2) is 42.5 Å². The van der Waals surface area contributed by atoms with E-state index in [1.807, 2.05) is 0 Å². The Labute approximate surface area is 112 Å². The monoisotopic (exact) mass is 285 g/mol. The topological polar surface area (TPSA) is 35.2 Å². The lowest BCUT2D eigenvalue weighted by Crippen LogP contribution is -2.18. The highest BCUT2D eigenvalue weighted by Crippen LogP contribution is 2.31. The Morgan fingerprint density at radius 3 is 2.30 bits per heavy atom. The van der Waals surface area contributed by atoms with E-state index >= 15 is 0 Å². The molecular formula is C14H11F4NO. The summed E-state index contributed by atoms with van der Waals surface area (Å²) < 4.78 is 54.1. The van der Waals surface area contributed by atoms with Crippen LogP contribution in [0.3, 0.4) is 0 Å². The van der Waals surface area contributed by atoms with Crippen LogP contribution in [0.2, 0.25) is 0 Å². The standard InChI is InChI=1S/C14H11F4NO/c15-12-3-1-2-9(6-12)10-4-5-11(8-19)13(7-10)20-14(16,17)18/h1-7H,8,19H2. The largest absolute Gasteiger partial charge is 0.573 e. The third-order valence-corrected chi connectivity index (χ3v) is 2.67. The van der Waals surface area contributed by atoms with E-state index < -0.39 is 12.2 Å². The molecular weight excluding hydrogens is 274 g/mol. The molecule has 0 aliphatic carbocycles. The summed E-state index contributed by atoms with van der Waals surface area (Å²) in [7, 11) is 0. The molecule has 0 spiro atoms. The van der Waals surface area contributed by atoms with Crippen LogP contribution < -0.4 is 10.5 Å². The number of halogens is 4. The summed E-state index contributed by atoms with van der Waals surface area (Å²) in [5.74, 6) is -0.842. The highest BCUT2D eigenvalue weighted by molar-refractivity contribution is 5.66. The van der Waals surface area contributed by atoms with E-state index in [-0.39, 0.29) is 17.9 Å². The zero-order valence-corrected chi connectivity index (χ0v) is 10.2. The molecule has 2 aromatic rings. The van der Waals surface area contributed by atoms with Gasteiger partial charge in [0.25, 0.3) is 0 Å². The lowest BCUT2D eigenvalue weighted by Gasteiger charge is -2.14. The maximum Gasteiger partial charge on any atom is 0.573 e. The first kappa shape index (κ1) is 14.3. The van der Waals surface area contributed by atoms with Gasteiger partial charge in [0.05, 0.1) is 0 Å². The van der Waals surface area contributed by atoms with Crippen LogP contribution in [-0.2, 0) is 6.54 Å². The maximum atomic E-state index is 13.1. The van der Waals surface area contributed by atoms with Crippen LogP contribution in [0.5, 0.6) is 5.75 Å². The second kappa shape index (κ2) is 5.50. The van der Waals surface area contributed by atoms with E-state index in [4.69, 9.17) is 5.73 Å². The maximum absolute atomic E-state index is 13.1. The fraction of sp³-hybridized carbons (Fsp3) is 0.143. The summed E-state index contributed by atoms with van der Waals surface area (Å²) in [5, 5.41) is 0. The first-order valence-corrected chi connectivity index (χ1v) is 5.74. The van der Waals surface area contributed by atoms with Gasteiger partial charge in [-0.3, -0.25) is 0 Å². The van der Waals surface area contributed by atoms with Gasteiger partial charge in [-0.1, -0.05) is 24.3 Å². The van der Waals surface area contributed by atoms with Crippen LogP contribution in [0.4, 0.5) is 17.6 Å². The van der Waals surface area contributed by atoms with Crippen molar-refractivity contribution in [2.24, 2.45) is 5.73 Å². The van der Waals surface area contributed by atoms with E-state index in [0.717, 1.165) is 0 Å². The van der Waals surface area contributed by atoms with Gasteiger partial charge in [-0.05, 0) is 29.3 Å². The van der Waals surface area contributed by atoms with Crippen molar-refractivity contribution in [2.45, 2.75) is 12.9 Å². The van der Waals surface area contributed by atoms with E-state index in [1.165, 1.54) is 30.3 Å². The Morgan fingerprint density at radius 1 is 1.00 bits per heavy atom. The molecule has 0 heterocycles. The Kier molecular flexibility index (Phi) is 3.94. The van der Waals surface area contributed by atoms with Crippen molar-refractivity contribution in [2.75, 3.05) is 0 Å². The molecule has 0 fully saturated rings. The minimum atomic E-state index is -4.80. The number of nitrogens with two attached hydrogens (primary N) is 1. The van der Waals surface area contributed by atoms with Crippen molar-refractivity contribution in [3.63, 3.8) is 0 Å². The van der Waals surface area contributed by atoms with Gasteiger partial charge < -0.3 is 10.5 Å². The van der Waals surface area contributed by atoms with Crippen molar-refractivity contribution in [1.29, 1.82) is 0 Å². The molecule has 0 bridgehead atoms. The van der Waals surface area contributed by atoms with Gasteiger partial charge in [0, 0.05) is 12.1 Å². The SMILES string of the molecule is NCc1ccc(-c2cccc(F)c2)cc1OC(F)(F)F. The highest BCUT2D eigenvalue weighted by atomic mass is 19.4. The van der Waals surface area contributed by atoms with Gasteiger partial charge in [0.2, 0.25) is 0 Å². The molecule has 0 aromatic heterocycles. The highest BCUT2D eigenvalue weighted by Gasteiger charge is 2.32. The molecule has 2 N–H and O–H groups in total. The van der Waals surface area contributed by atoms with Crippen LogP contribution in [-0.4, -0.2) is 6.36 Å². The van der Waals surface area contributed by atoms with E-state index in [2.05, 4.69) is 4.74 Å². The summed E-state index contributed by atoms with van der Waals surface area (Å²) in [4.78, 5) is 0. The van der Waals surface area contributed by atoms with Gasteiger partial charge in [-0.2, -0.15) is 0 Å². The Morgan fingerprint density at radius 2 is 1.70 bits per heavy atom. The van der Waals surface area contributed by atoms with Gasteiger partial charge in [-0.25, -0.2) is 4.39 Å². The van der Waals surface area contributed by atoms with Crippen molar-refractivity contribution in [3.8, 4) is 16.9 Å². The van der Waals surface area contributed by atoms with Crippen molar-refractivity contribution in [1.82, 2.24) is 0 Å². The lowest BCUT2D eigenvalue weighted by molar-refractivity contribution is -0.274. The molecule has 0 atom stereocenters. The Hall–Kier alpha value is -2.08. The van der Waals surface area contributed by atoms with E-state index in [9.17, 15) is 17.6 Å². The van der Waals surface area contributed by atoms with Crippen molar-refractivity contribution >= 4 is 0 Å². The van der Waals surface area contributed by atoms with Crippen LogP contribution in [0.25, 0.3) is 11.1 Å². The van der Waals surface area contributed by atoms with Gasteiger partial charge in [0.1, 0.15) is 11.6 Å². The minimum absolute atomic E-state index is 0.0884. The molecule has 0 saturated carbocycles. The van der Waals surface area contributed by atoms with Crippen LogP contribution in [0.1, 0.15) is 5.56 Å². The van der Waals surface area contributed by atoms with E-state index in [1.54, 1.807) is 12.1 Å². The smallest absolute Gasteiger partial charge is 0.405 e. The molecule has 6 heteroatoms. The molecule has 0 aliphatic heterocycles. The number of hydrogen-bond donors (Lipinski definition) is 1. The van der Waals surface area contributed by atoms with Gasteiger partial charge in [0.15, 0.2) is 0 Å². The van der Waals surface area contributed by atoms with Crippen molar-refractivity contribution < 1.29 is 22.3 Å². The zero-order valence-electron chi connectivity index (χ0n) is 10.2. The molecule has 0 saturated heterocycles. The van der Waals surface area contributed by atoms with Gasteiger partial charge in [-0.15, -0.1) is 13.2 Å².